The summed E-state index contributed by atoms with van der Waals surface area (Å²) in [6, 6.07) is 29.5. The molecule has 3 N–H and O–H groups in total. The first-order chi connectivity index (χ1) is 26.6. The number of esters is 2. The van der Waals surface area contributed by atoms with Gasteiger partial charge in [-0.2, -0.15) is 0 Å². The lowest BCUT2D eigenvalue weighted by molar-refractivity contribution is -0.254. The van der Waals surface area contributed by atoms with Crippen LogP contribution in [0.25, 0.3) is 22.5 Å². The largest absolute Gasteiger partial charge is 1.00 e. The normalized spacial score (nSPS) is 9.68. The number of benzene rings is 4. The van der Waals surface area contributed by atoms with Crippen LogP contribution in [0.2, 0.25) is 5.15 Å². The maximum atomic E-state index is 12.0. The minimum Gasteiger partial charge on any atom is -1.00 e. The first-order valence-electron chi connectivity index (χ1n) is 16.5. The van der Waals surface area contributed by atoms with Crippen LogP contribution in [-0.2, 0) is 15.9 Å². The highest BCUT2D eigenvalue weighted by atomic mass is 35.5. The molecule has 2 heterocycles. The second kappa shape index (κ2) is 23.8. The summed E-state index contributed by atoms with van der Waals surface area (Å²) in [6.45, 7) is 0. The predicted molar refractivity (Wildman–Crippen MR) is 207 cm³/mol. The molecule has 2 aromatic heterocycles. The minimum atomic E-state index is -0.439. The number of carbonyl (C=O) groups excluding carboxylic acids is 2. The van der Waals surface area contributed by atoms with Crippen molar-refractivity contribution in [2.24, 2.45) is 0 Å². The van der Waals surface area contributed by atoms with Crippen LogP contribution in [0.1, 0.15) is 32.0 Å². The average molecular weight is 838 g/mol. The lowest BCUT2D eigenvalue weighted by atomic mass is 10.0. The van der Waals surface area contributed by atoms with Crippen LogP contribution in [0.3, 0.4) is 0 Å². The number of para-hydroxylation sites is 2. The molecule has 13 nitrogen and oxygen atoms in total. The summed E-state index contributed by atoms with van der Waals surface area (Å²) in [4.78, 5) is 39.9. The van der Waals surface area contributed by atoms with Crippen molar-refractivity contribution in [2.45, 2.75) is 6.42 Å². The zero-order valence-corrected chi connectivity index (χ0v) is 34.3. The third-order valence-electron chi connectivity index (χ3n) is 7.85. The summed E-state index contributed by atoms with van der Waals surface area (Å²) in [6.07, 6.45) is 3.50. The molecular weight excluding hydrogens is 797 g/mol. The molecule has 57 heavy (non-hydrogen) atoms. The van der Waals surface area contributed by atoms with Gasteiger partial charge in [-0.25, -0.2) is 29.5 Å². The molecule has 0 aliphatic heterocycles. The Kier molecular flexibility index (Phi) is 19.7. The van der Waals surface area contributed by atoms with Gasteiger partial charge in [-0.05, 0) is 54.1 Å². The highest BCUT2D eigenvalue weighted by Crippen LogP contribution is 2.30. The molecule has 4 aromatic carbocycles. The third-order valence-corrected chi connectivity index (χ3v) is 8.05. The topological polar surface area (TPSA) is 169 Å². The van der Waals surface area contributed by atoms with Gasteiger partial charge in [0.15, 0.2) is 0 Å². The predicted octanol–water partition coefficient (Wildman–Crippen LogP) is 0.707. The van der Waals surface area contributed by atoms with Gasteiger partial charge in [0.2, 0.25) is 0 Å². The molecule has 6 aromatic rings. The zero-order chi connectivity index (χ0) is 39.7. The van der Waals surface area contributed by atoms with Crippen LogP contribution in [0.4, 0.5) is 5.69 Å². The van der Waals surface area contributed by atoms with Gasteiger partial charge in [-0.1, -0.05) is 41.9 Å². The van der Waals surface area contributed by atoms with Crippen molar-refractivity contribution in [3.63, 3.8) is 0 Å². The van der Waals surface area contributed by atoms with E-state index in [0.717, 1.165) is 51.0 Å². The van der Waals surface area contributed by atoms with E-state index in [-0.39, 0.29) is 24.8 Å². The number of carbonyl (C=O) groups is 2. The molecule has 0 fully saturated rings. The number of ether oxygens (including phenoxy) is 6. The average Bonchev–Trinajstić information content (AvgIpc) is 3.23. The van der Waals surface area contributed by atoms with E-state index in [2.05, 4.69) is 30.4 Å². The molecular formula is C41H41Cl3N5O8-. The summed E-state index contributed by atoms with van der Waals surface area (Å²) < 4.78 is 30.3. The van der Waals surface area contributed by atoms with E-state index in [0.29, 0.717) is 34.2 Å². The molecule has 0 aliphatic carbocycles. The Morgan fingerprint density at radius 3 is 1.54 bits per heavy atom. The Balaban J connectivity index is 0.000000318. The molecule has 0 spiro atoms. The SMILES string of the molecule is COC(=O)c1cc(Cc2cc(-c3ccccc3OC)ncn2)ccc1OC.COC(=O)c1cc([NH3+])ccc1OC.COc1ccccc1-c1cc(Cl)ncn1.[Cl-].[Cl-]. The molecule has 0 bridgehead atoms. The molecule has 6 rings (SSSR count). The third kappa shape index (κ3) is 13.0. The van der Waals surface area contributed by atoms with Gasteiger partial charge in [0.25, 0.3) is 0 Å². The molecule has 0 atom stereocenters. The molecule has 0 saturated carbocycles. The van der Waals surface area contributed by atoms with E-state index in [1.165, 1.54) is 41.1 Å². The summed E-state index contributed by atoms with van der Waals surface area (Å²) in [5, 5.41) is 0.422. The number of halogens is 3. The van der Waals surface area contributed by atoms with Crippen molar-refractivity contribution >= 4 is 29.2 Å². The van der Waals surface area contributed by atoms with Gasteiger partial charge in [0, 0.05) is 41.4 Å². The van der Waals surface area contributed by atoms with E-state index in [4.69, 9.17) is 35.3 Å². The van der Waals surface area contributed by atoms with E-state index < -0.39 is 11.9 Å². The molecule has 0 saturated heterocycles. The van der Waals surface area contributed by atoms with Crippen LogP contribution in [0.15, 0.2) is 110 Å². The van der Waals surface area contributed by atoms with Crippen LogP contribution >= 0.6 is 11.6 Å². The van der Waals surface area contributed by atoms with Crippen LogP contribution in [0.5, 0.6) is 23.0 Å². The Morgan fingerprint density at radius 2 is 1.04 bits per heavy atom. The zero-order valence-electron chi connectivity index (χ0n) is 32.0. The summed E-state index contributed by atoms with van der Waals surface area (Å²) in [7, 11) is 8.96. The molecule has 0 radical (unpaired) electrons. The monoisotopic (exact) mass is 836 g/mol. The van der Waals surface area contributed by atoms with Crippen LogP contribution < -0.4 is 49.5 Å². The Bertz CT molecular complexity index is 2230. The Labute approximate surface area is 348 Å². The van der Waals surface area contributed by atoms with Gasteiger partial charge in [0.1, 0.15) is 57.6 Å². The maximum absolute atomic E-state index is 12.0. The van der Waals surface area contributed by atoms with Crippen molar-refractivity contribution in [3.8, 4) is 45.5 Å². The summed E-state index contributed by atoms with van der Waals surface area (Å²) in [5.41, 5.74) is 10.3. The molecule has 16 heteroatoms. The molecule has 0 aliphatic rings. The van der Waals surface area contributed by atoms with Gasteiger partial charge >= 0.3 is 11.9 Å². The van der Waals surface area contributed by atoms with Crippen LogP contribution in [-0.4, -0.2) is 74.5 Å². The van der Waals surface area contributed by atoms with Gasteiger partial charge in [-0.15, -0.1) is 0 Å². The number of quaternary nitrogens is 1. The number of nitrogens with zero attached hydrogens (tertiary/aromatic N) is 4. The lowest BCUT2D eigenvalue weighted by Gasteiger charge is -2.10. The van der Waals surface area contributed by atoms with E-state index >= 15 is 0 Å². The molecule has 0 amide bonds. The van der Waals surface area contributed by atoms with E-state index in [1.54, 1.807) is 50.6 Å². The summed E-state index contributed by atoms with van der Waals surface area (Å²) >= 11 is 5.80. The lowest BCUT2D eigenvalue weighted by Crippen LogP contribution is -3.00. The highest BCUT2D eigenvalue weighted by molar-refractivity contribution is 6.29. The Morgan fingerprint density at radius 1 is 0.561 bits per heavy atom. The van der Waals surface area contributed by atoms with Crippen molar-refractivity contribution in [1.82, 2.24) is 19.9 Å². The highest BCUT2D eigenvalue weighted by Gasteiger charge is 2.15. The van der Waals surface area contributed by atoms with E-state index in [9.17, 15) is 9.59 Å². The van der Waals surface area contributed by atoms with Crippen molar-refractivity contribution in [1.29, 1.82) is 0 Å². The van der Waals surface area contributed by atoms with E-state index in [1.807, 2.05) is 60.7 Å². The van der Waals surface area contributed by atoms with Gasteiger partial charge in [-0.3, -0.25) is 0 Å². The number of hydrogen-bond donors (Lipinski definition) is 1. The van der Waals surface area contributed by atoms with Crippen molar-refractivity contribution in [3.05, 3.63) is 137 Å². The minimum absolute atomic E-state index is 0. The van der Waals surface area contributed by atoms with Crippen molar-refractivity contribution in [2.75, 3.05) is 42.7 Å². The molecule has 300 valence electrons. The number of aromatic nitrogens is 4. The smallest absolute Gasteiger partial charge is 0.341 e. The fourth-order valence-electron chi connectivity index (χ4n) is 5.20. The standard InChI is InChI=1S/C21H20N2O4.C11H9ClN2O.C9H11NO3.2ClH/c1-25-19-7-5-4-6-16(19)18-12-15(22-13-23-18)10-14-8-9-20(26-2)17(11-14)21(24)27-3;1-15-10-5-3-2-4-8(10)9-6-11(12)14-7-13-9;1-12-8-4-3-6(10)5-7(8)9(11)13-2;;/h4-9,11-13H,10H2,1-3H3;2-7H,1H3;3-5H,10H2,1-2H3;2*1H/p-1. The van der Waals surface area contributed by atoms with Crippen molar-refractivity contribution < 1.29 is 68.6 Å². The second-order valence-electron chi connectivity index (χ2n) is 11.3. The molecule has 0 unspecified atom stereocenters. The first kappa shape index (κ1) is 47.2. The van der Waals surface area contributed by atoms with Crippen LogP contribution in [0, 0.1) is 0 Å². The summed E-state index contributed by atoms with van der Waals surface area (Å²) in [5.74, 6) is 1.64. The number of hydrogen-bond acceptors (Lipinski definition) is 12. The number of methoxy groups -OCH3 is 6. The Hall–Kier alpha value is -5.99. The first-order valence-corrected chi connectivity index (χ1v) is 16.9. The second-order valence-corrected chi connectivity index (χ2v) is 11.6. The fourth-order valence-corrected chi connectivity index (χ4v) is 5.35. The number of rotatable bonds is 10. The fraction of sp³-hybridized carbons (Fsp3) is 0.171. The van der Waals surface area contributed by atoms with Gasteiger partial charge < -0.3 is 59.0 Å². The quantitative estimate of drug-likeness (QED) is 0.152. The maximum Gasteiger partial charge on any atom is 0.341 e. The van der Waals surface area contributed by atoms with Gasteiger partial charge in [0.05, 0.1) is 54.0 Å².